The Balaban J connectivity index is 1.67. The number of nitrogens with zero attached hydrogens (tertiary/aromatic N) is 3. The topological polar surface area (TPSA) is 97.0 Å². The van der Waals surface area contributed by atoms with Crippen LogP contribution < -0.4 is 11.1 Å². The van der Waals surface area contributed by atoms with Crippen molar-refractivity contribution in [2.24, 2.45) is 0 Å². The lowest BCUT2D eigenvalue weighted by Crippen LogP contribution is -2.04. The molecule has 4 aromatic rings. The number of pyridine rings is 1. The van der Waals surface area contributed by atoms with Gasteiger partial charge < -0.3 is 16.2 Å². The number of nitrogens with two attached hydrogens (primary N) is 1. The summed E-state index contributed by atoms with van der Waals surface area (Å²) in [4.78, 5) is 13.0. The molecule has 28 heavy (non-hydrogen) atoms. The molecule has 4 rings (SSSR count). The molecule has 0 spiro atoms. The van der Waals surface area contributed by atoms with Crippen LogP contribution in [0, 0.1) is 0 Å². The van der Waals surface area contributed by atoms with E-state index in [1.165, 1.54) is 0 Å². The molecule has 0 radical (unpaired) electrons. The number of nitrogens with one attached hydrogen (secondary N) is 1. The van der Waals surface area contributed by atoms with Crippen molar-refractivity contribution in [2.45, 2.75) is 19.4 Å². The van der Waals surface area contributed by atoms with Crippen molar-refractivity contribution in [3.63, 3.8) is 0 Å². The Kier molecular flexibility index (Phi) is 4.87. The van der Waals surface area contributed by atoms with Crippen molar-refractivity contribution in [2.75, 3.05) is 11.1 Å². The number of anilines is 3. The third-order valence-electron chi connectivity index (χ3n) is 4.69. The Hall–Kier alpha value is -3.51. The number of aliphatic hydroxyl groups is 1. The van der Waals surface area contributed by atoms with Gasteiger partial charge in [0.1, 0.15) is 17.7 Å². The first-order valence-electron chi connectivity index (χ1n) is 9.15. The fourth-order valence-corrected chi connectivity index (χ4v) is 3.22. The molecule has 2 aromatic carbocycles. The monoisotopic (exact) mass is 371 g/mol. The van der Waals surface area contributed by atoms with E-state index in [4.69, 9.17) is 5.73 Å². The third kappa shape index (κ3) is 3.50. The molecule has 6 nitrogen and oxygen atoms in total. The molecule has 1 atom stereocenters. The van der Waals surface area contributed by atoms with Crippen LogP contribution in [0.2, 0.25) is 0 Å². The lowest BCUT2D eigenvalue weighted by Gasteiger charge is -2.16. The van der Waals surface area contributed by atoms with Crippen LogP contribution >= 0.6 is 0 Å². The Morgan fingerprint density at radius 1 is 1.04 bits per heavy atom. The molecule has 6 heteroatoms. The van der Waals surface area contributed by atoms with E-state index < -0.39 is 6.10 Å². The molecule has 0 bridgehead atoms. The summed E-state index contributed by atoms with van der Waals surface area (Å²) in [5, 5.41) is 16.0. The molecule has 0 aliphatic heterocycles. The number of nitrogen functional groups attached to an aromatic ring is 1. The maximum atomic E-state index is 11.0. The van der Waals surface area contributed by atoms with Crippen LogP contribution in [0.1, 0.15) is 29.8 Å². The minimum Gasteiger partial charge on any atom is -0.398 e. The molecule has 0 saturated heterocycles. The van der Waals surface area contributed by atoms with E-state index >= 15 is 0 Å². The van der Waals surface area contributed by atoms with Gasteiger partial charge in [-0.3, -0.25) is 4.98 Å². The Bertz CT molecular complexity index is 1130. The molecular formula is C22H21N5O. The first kappa shape index (κ1) is 17.9. The van der Waals surface area contributed by atoms with Crippen LogP contribution in [0.3, 0.4) is 0 Å². The van der Waals surface area contributed by atoms with Gasteiger partial charge in [-0.05, 0) is 41.1 Å². The number of rotatable bonds is 5. The van der Waals surface area contributed by atoms with E-state index in [0.29, 0.717) is 17.3 Å². The van der Waals surface area contributed by atoms with Gasteiger partial charge >= 0.3 is 0 Å². The molecule has 140 valence electrons. The highest BCUT2D eigenvalue weighted by molar-refractivity contribution is 5.95. The second-order valence-corrected chi connectivity index (χ2v) is 6.54. The van der Waals surface area contributed by atoms with Crippen LogP contribution in [-0.4, -0.2) is 20.1 Å². The van der Waals surface area contributed by atoms with Crippen molar-refractivity contribution in [3.8, 4) is 0 Å². The van der Waals surface area contributed by atoms with Gasteiger partial charge in [-0.15, -0.1) is 0 Å². The highest BCUT2D eigenvalue weighted by Crippen LogP contribution is 2.32. The van der Waals surface area contributed by atoms with Gasteiger partial charge in [-0.25, -0.2) is 9.97 Å². The van der Waals surface area contributed by atoms with Crippen molar-refractivity contribution in [3.05, 3.63) is 83.9 Å². The minimum atomic E-state index is -0.804. The lowest BCUT2D eigenvalue weighted by molar-refractivity contribution is 0.222. The second-order valence-electron chi connectivity index (χ2n) is 6.54. The number of aryl methyl sites for hydroxylation is 1. The average molecular weight is 371 g/mol. The Morgan fingerprint density at radius 2 is 1.86 bits per heavy atom. The standard InChI is InChI=1S/C22H21N5O/c1-2-15-12-24-13-21(26-15)27-20-11-14(9-10-25-20)22(28)18-7-8-19(23)17-6-4-3-5-16(17)18/h3-13,22,28H,2,23H2,1H3,(H,25,26,27). The van der Waals surface area contributed by atoms with Gasteiger partial charge in [0.2, 0.25) is 0 Å². The fourth-order valence-electron chi connectivity index (χ4n) is 3.22. The molecule has 0 aliphatic rings. The van der Waals surface area contributed by atoms with Crippen LogP contribution in [0.25, 0.3) is 10.8 Å². The van der Waals surface area contributed by atoms with Gasteiger partial charge in [0.25, 0.3) is 0 Å². The van der Waals surface area contributed by atoms with Crippen molar-refractivity contribution in [1.82, 2.24) is 15.0 Å². The Morgan fingerprint density at radius 3 is 2.68 bits per heavy atom. The van der Waals surface area contributed by atoms with Gasteiger partial charge in [-0.1, -0.05) is 37.3 Å². The van der Waals surface area contributed by atoms with Crippen LogP contribution in [0.5, 0.6) is 0 Å². The predicted molar refractivity (Wildman–Crippen MR) is 111 cm³/mol. The first-order valence-corrected chi connectivity index (χ1v) is 9.15. The summed E-state index contributed by atoms with van der Waals surface area (Å²) in [7, 11) is 0. The molecule has 2 aromatic heterocycles. The van der Waals surface area contributed by atoms with E-state index in [-0.39, 0.29) is 0 Å². The summed E-state index contributed by atoms with van der Waals surface area (Å²) in [6.45, 7) is 2.03. The molecule has 2 heterocycles. The molecule has 4 N–H and O–H groups in total. The highest BCUT2D eigenvalue weighted by atomic mass is 16.3. The molecule has 0 saturated carbocycles. The predicted octanol–water partition coefficient (Wildman–Crippen LogP) is 3.99. The molecule has 0 amide bonds. The molecule has 0 fully saturated rings. The first-order chi connectivity index (χ1) is 13.7. The minimum absolute atomic E-state index is 0.596. The number of aromatic nitrogens is 3. The summed E-state index contributed by atoms with van der Waals surface area (Å²) in [5.41, 5.74) is 9.20. The largest absolute Gasteiger partial charge is 0.398 e. The van der Waals surface area contributed by atoms with Crippen molar-refractivity contribution < 1.29 is 5.11 Å². The summed E-state index contributed by atoms with van der Waals surface area (Å²) >= 11 is 0. The summed E-state index contributed by atoms with van der Waals surface area (Å²) in [6.07, 6.45) is 5.06. The lowest BCUT2D eigenvalue weighted by atomic mass is 9.95. The van der Waals surface area contributed by atoms with E-state index in [9.17, 15) is 5.11 Å². The summed E-state index contributed by atoms with van der Waals surface area (Å²) in [6, 6.07) is 15.1. The van der Waals surface area contributed by atoms with Gasteiger partial charge in [-0.2, -0.15) is 0 Å². The van der Waals surface area contributed by atoms with Gasteiger partial charge in [0, 0.05) is 23.5 Å². The SMILES string of the molecule is CCc1cncc(Nc2cc(C(O)c3ccc(N)c4ccccc34)ccn2)n1. The molecular weight excluding hydrogens is 350 g/mol. The Labute approximate surface area is 163 Å². The number of hydrogen-bond donors (Lipinski definition) is 3. The second kappa shape index (κ2) is 7.62. The smallest absolute Gasteiger partial charge is 0.150 e. The number of aliphatic hydroxyl groups excluding tert-OH is 1. The van der Waals surface area contributed by atoms with E-state index in [0.717, 1.165) is 34.0 Å². The molecule has 1 unspecified atom stereocenters. The van der Waals surface area contributed by atoms with E-state index in [1.54, 1.807) is 24.7 Å². The zero-order valence-electron chi connectivity index (χ0n) is 15.5. The zero-order chi connectivity index (χ0) is 19.5. The van der Waals surface area contributed by atoms with Crippen LogP contribution in [-0.2, 0) is 6.42 Å². The quantitative estimate of drug-likeness (QED) is 0.459. The number of hydrogen-bond acceptors (Lipinski definition) is 6. The molecule has 0 aliphatic carbocycles. The normalized spacial score (nSPS) is 12.1. The van der Waals surface area contributed by atoms with E-state index in [1.807, 2.05) is 49.4 Å². The third-order valence-corrected chi connectivity index (χ3v) is 4.69. The van der Waals surface area contributed by atoms with Crippen LogP contribution in [0.4, 0.5) is 17.3 Å². The van der Waals surface area contributed by atoms with E-state index in [2.05, 4.69) is 20.3 Å². The number of fused-ring (bicyclic) bond motifs is 1. The average Bonchev–Trinajstić information content (AvgIpc) is 2.74. The number of benzene rings is 2. The highest BCUT2D eigenvalue weighted by Gasteiger charge is 2.15. The van der Waals surface area contributed by atoms with Crippen molar-refractivity contribution >= 4 is 28.1 Å². The zero-order valence-corrected chi connectivity index (χ0v) is 15.5. The summed E-state index contributed by atoms with van der Waals surface area (Å²) in [5.74, 6) is 1.22. The van der Waals surface area contributed by atoms with Crippen molar-refractivity contribution in [1.29, 1.82) is 0 Å². The fraction of sp³-hybridized carbons (Fsp3) is 0.136. The van der Waals surface area contributed by atoms with Gasteiger partial charge in [0.15, 0.2) is 0 Å². The maximum absolute atomic E-state index is 11.0. The van der Waals surface area contributed by atoms with Crippen LogP contribution in [0.15, 0.2) is 67.1 Å². The summed E-state index contributed by atoms with van der Waals surface area (Å²) < 4.78 is 0. The van der Waals surface area contributed by atoms with Gasteiger partial charge in [0.05, 0.1) is 11.9 Å². The maximum Gasteiger partial charge on any atom is 0.150 e.